The third-order valence-electron chi connectivity index (χ3n) is 4.01. The zero-order valence-electron chi connectivity index (χ0n) is 14.7. The van der Waals surface area contributed by atoms with Gasteiger partial charge in [-0.1, -0.05) is 24.0 Å². The summed E-state index contributed by atoms with van der Waals surface area (Å²) in [6, 6.07) is 12.1. The molecule has 2 aromatic rings. The van der Waals surface area contributed by atoms with Crippen LogP contribution in [0.4, 0.5) is 0 Å². The molecule has 25 heavy (non-hydrogen) atoms. The van der Waals surface area contributed by atoms with E-state index in [1.807, 2.05) is 38.1 Å². The summed E-state index contributed by atoms with van der Waals surface area (Å²) >= 11 is 0. The molecule has 3 rings (SSSR count). The molecule has 1 atom stereocenters. The Morgan fingerprint density at radius 1 is 1.16 bits per heavy atom. The minimum absolute atomic E-state index is 0.00548. The fourth-order valence-corrected chi connectivity index (χ4v) is 2.79. The van der Waals surface area contributed by atoms with Gasteiger partial charge in [0.15, 0.2) is 11.5 Å². The van der Waals surface area contributed by atoms with Crippen LogP contribution in [-0.4, -0.2) is 18.7 Å². The standard InChI is InChI=1S/C21H21NO3/c1-14-10-20-21(25-13-24-20)12-19(14)9-8-17-4-6-18(7-5-17)11-15(2)22-16(3)23/h4-7,10,12,15H,11,13H2,1-3H3,(H,22,23). The molecule has 0 fully saturated rings. The van der Waals surface area contributed by atoms with E-state index in [1.165, 1.54) is 12.5 Å². The highest BCUT2D eigenvalue weighted by Gasteiger charge is 2.14. The molecule has 0 aliphatic carbocycles. The summed E-state index contributed by atoms with van der Waals surface area (Å²) in [6.45, 7) is 5.81. The molecule has 0 saturated heterocycles. The number of hydrogen-bond donors (Lipinski definition) is 1. The number of hydrogen-bond acceptors (Lipinski definition) is 3. The Kier molecular flexibility index (Phi) is 4.95. The first-order chi connectivity index (χ1) is 12.0. The first kappa shape index (κ1) is 16.9. The molecule has 0 spiro atoms. The third kappa shape index (κ3) is 4.33. The Labute approximate surface area is 148 Å². The number of amides is 1. The summed E-state index contributed by atoms with van der Waals surface area (Å²) in [7, 11) is 0. The molecule has 2 aromatic carbocycles. The van der Waals surface area contributed by atoms with Crippen LogP contribution >= 0.6 is 0 Å². The summed E-state index contributed by atoms with van der Waals surface area (Å²) in [5.74, 6) is 7.91. The van der Waals surface area contributed by atoms with Crippen molar-refractivity contribution >= 4 is 5.91 Å². The van der Waals surface area contributed by atoms with Gasteiger partial charge in [-0.15, -0.1) is 0 Å². The molecule has 1 aliphatic heterocycles. The highest BCUT2D eigenvalue weighted by atomic mass is 16.7. The van der Waals surface area contributed by atoms with Crippen molar-refractivity contribution in [2.45, 2.75) is 33.2 Å². The lowest BCUT2D eigenvalue weighted by Crippen LogP contribution is -2.31. The molecule has 0 aromatic heterocycles. The molecule has 1 aliphatic rings. The van der Waals surface area contributed by atoms with E-state index in [2.05, 4.69) is 29.3 Å². The van der Waals surface area contributed by atoms with Gasteiger partial charge in [0.2, 0.25) is 12.7 Å². The Morgan fingerprint density at radius 2 is 1.84 bits per heavy atom. The van der Waals surface area contributed by atoms with E-state index in [4.69, 9.17) is 9.47 Å². The predicted molar refractivity (Wildman–Crippen MR) is 96.7 cm³/mol. The van der Waals surface area contributed by atoms with Gasteiger partial charge in [-0.2, -0.15) is 0 Å². The van der Waals surface area contributed by atoms with Crippen LogP contribution in [0.5, 0.6) is 11.5 Å². The van der Waals surface area contributed by atoms with Gasteiger partial charge < -0.3 is 14.8 Å². The van der Waals surface area contributed by atoms with Crippen LogP contribution in [-0.2, 0) is 11.2 Å². The van der Waals surface area contributed by atoms with Crippen molar-refractivity contribution in [1.82, 2.24) is 5.32 Å². The molecule has 0 saturated carbocycles. The fourth-order valence-electron chi connectivity index (χ4n) is 2.79. The van der Waals surface area contributed by atoms with E-state index in [1.54, 1.807) is 0 Å². The van der Waals surface area contributed by atoms with E-state index in [9.17, 15) is 4.79 Å². The Morgan fingerprint density at radius 3 is 2.52 bits per heavy atom. The van der Waals surface area contributed by atoms with Gasteiger partial charge in [-0.05, 0) is 49.6 Å². The van der Waals surface area contributed by atoms with Gasteiger partial charge >= 0.3 is 0 Å². The molecule has 4 heteroatoms. The largest absolute Gasteiger partial charge is 0.454 e. The van der Waals surface area contributed by atoms with Gasteiger partial charge in [-0.25, -0.2) is 0 Å². The molecule has 1 heterocycles. The molecule has 4 nitrogen and oxygen atoms in total. The molecule has 0 radical (unpaired) electrons. The minimum Gasteiger partial charge on any atom is -0.454 e. The topological polar surface area (TPSA) is 47.6 Å². The van der Waals surface area contributed by atoms with Crippen LogP contribution in [0.3, 0.4) is 0 Å². The first-order valence-corrected chi connectivity index (χ1v) is 8.29. The smallest absolute Gasteiger partial charge is 0.231 e. The molecule has 1 N–H and O–H groups in total. The quantitative estimate of drug-likeness (QED) is 0.877. The lowest BCUT2D eigenvalue weighted by atomic mass is 10.0. The Hall–Kier alpha value is -2.93. The average molecular weight is 335 g/mol. The minimum atomic E-state index is -0.00548. The van der Waals surface area contributed by atoms with Crippen LogP contribution < -0.4 is 14.8 Å². The van der Waals surface area contributed by atoms with Crippen molar-refractivity contribution in [1.29, 1.82) is 0 Å². The van der Waals surface area contributed by atoms with Crippen molar-refractivity contribution < 1.29 is 14.3 Å². The maximum atomic E-state index is 11.1. The third-order valence-corrected chi connectivity index (χ3v) is 4.01. The maximum Gasteiger partial charge on any atom is 0.231 e. The van der Waals surface area contributed by atoms with Gasteiger partial charge in [0.05, 0.1) is 0 Å². The summed E-state index contributed by atoms with van der Waals surface area (Å²) < 4.78 is 10.8. The SMILES string of the molecule is CC(=O)NC(C)Cc1ccc(C#Cc2cc3c(cc2C)OCO3)cc1. The van der Waals surface area contributed by atoms with Crippen molar-refractivity contribution in [2.75, 3.05) is 6.79 Å². The summed E-state index contributed by atoms with van der Waals surface area (Å²) in [5, 5.41) is 2.89. The van der Waals surface area contributed by atoms with Crippen LogP contribution in [0.2, 0.25) is 0 Å². The normalized spacial score (nSPS) is 12.9. The fraction of sp³-hybridized carbons (Fsp3) is 0.286. The van der Waals surface area contributed by atoms with Crippen LogP contribution in [0, 0.1) is 18.8 Å². The predicted octanol–water partition coefficient (Wildman–Crippen LogP) is 3.19. The molecule has 1 amide bonds. The summed E-state index contributed by atoms with van der Waals surface area (Å²) in [4.78, 5) is 11.1. The molecule has 128 valence electrons. The number of carbonyl (C=O) groups is 1. The Balaban J connectivity index is 1.70. The van der Waals surface area contributed by atoms with Gasteiger partial charge in [0, 0.05) is 30.2 Å². The molecular weight excluding hydrogens is 314 g/mol. The number of benzene rings is 2. The monoisotopic (exact) mass is 335 g/mol. The van der Waals surface area contributed by atoms with Crippen LogP contribution in [0.15, 0.2) is 36.4 Å². The van der Waals surface area contributed by atoms with E-state index < -0.39 is 0 Å². The zero-order valence-corrected chi connectivity index (χ0v) is 14.7. The average Bonchev–Trinajstić information content (AvgIpc) is 3.00. The number of aryl methyl sites for hydroxylation is 1. The highest BCUT2D eigenvalue weighted by molar-refractivity contribution is 5.73. The maximum absolute atomic E-state index is 11.1. The number of carbonyl (C=O) groups excluding carboxylic acids is 1. The number of rotatable bonds is 3. The number of fused-ring (bicyclic) bond motifs is 1. The molecule has 0 bridgehead atoms. The lowest BCUT2D eigenvalue weighted by Gasteiger charge is -2.12. The molecular formula is C21H21NO3. The van der Waals surface area contributed by atoms with Crippen molar-refractivity contribution in [2.24, 2.45) is 0 Å². The molecule has 1 unspecified atom stereocenters. The van der Waals surface area contributed by atoms with Gasteiger partial charge in [-0.3, -0.25) is 4.79 Å². The lowest BCUT2D eigenvalue weighted by molar-refractivity contribution is -0.119. The van der Waals surface area contributed by atoms with Crippen molar-refractivity contribution in [3.8, 4) is 23.3 Å². The van der Waals surface area contributed by atoms with Gasteiger partial charge in [0.1, 0.15) is 0 Å². The number of nitrogens with one attached hydrogen (secondary N) is 1. The van der Waals surface area contributed by atoms with Crippen LogP contribution in [0.25, 0.3) is 0 Å². The summed E-state index contributed by atoms with van der Waals surface area (Å²) in [5.41, 5.74) is 4.13. The van der Waals surface area contributed by atoms with Crippen molar-refractivity contribution in [3.63, 3.8) is 0 Å². The first-order valence-electron chi connectivity index (χ1n) is 8.29. The van der Waals surface area contributed by atoms with E-state index in [-0.39, 0.29) is 18.7 Å². The van der Waals surface area contributed by atoms with E-state index in [0.29, 0.717) is 0 Å². The number of ether oxygens (including phenoxy) is 2. The summed E-state index contributed by atoms with van der Waals surface area (Å²) in [6.07, 6.45) is 0.800. The second-order valence-electron chi connectivity index (χ2n) is 6.27. The zero-order chi connectivity index (χ0) is 17.8. The van der Waals surface area contributed by atoms with E-state index >= 15 is 0 Å². The second kappa shape index (κ2) is 7.31. The Bertz CT molecular complexity index is 844. The second-order valence-corrected chi connectivity index (χ2v) is 6.27. The highest BCUT2D eigenvalue weighted by Crippen LogP contribution is 2.34. The van der Waals surface area contributed by atoms with Crippen LogP contribution in [0.1, 0.15) is 36.1 Å². The van der Waals surface area contributed by atoms with Gasteiger partial charge in [0.25, 0.3) is 0 Å². The van der Waals surface area contributed by atoms with E-state index in [0.717, 1.165) is 34.6 Å². The van der Waals surface area contributed by atoms with Crippen molar-refractivity contribution in [3.05, 3.63) is 58.7 Å².